The lowest BCUT2D eigenvalue weighted by molar-refractivity contribution is -0.188. The van der Waals surface area contributed by atoms with Crippen LogP contribution in [0.25, 0.3) is 0 Å². The predicted molar refractivity (Wildman–Crippen MR) is 119 cm³/mol. The number of hydrogen-bond donors (Lipinski definition) is 0. The quantitative estimate of drug-likeness (QED) is 0.271. The summed E-state index contributed by atoms with van der Waals surface area (Å²) in [5.41, 5.74) is 0.198. The molecule has 174 valence electrons. The van der Waals surface area contributed by atoms with Crippen LogP contribution >= 0.6 is 0 Å². The highest BCUT2D eigenvalue weighted by molar-refractivity contribution is 5.30. The Kier molecular flexibility index (Phi) is 9.79. The Hall–Kier alpha value is -1.46. The van der Waals surface area contributed by atoms with Crippen molar-refractivity contribution in [2.75, 3.05) is 13.2 Å². The van der Waals surface area contributed by atoms with E-state index in [1.807, 2.05) is 13.0 Å². The highest BCUT2D eigenvalue weighted by Gasteiger charge is 2.31. The Morgan fingerprint density at radius 3 is 2.52 bits per heavy atom. The van der Waals surface area contributed by atoms with E-state index in [0.717, 1.165) is 43.9 Å². The highest BCUT2D eigenvalue weighted by atomic mass is 19.2. The van der Waals surface area contributed by atoms with Gasteiger partial charge in [-0.2, -0.15) is 4.39 Å². The van der Waals surface area contributed by atoms with Gasteiger partial charge in [0.05, 0.1) is 19.8 Å². The van der Waals surface area contributed by atoms with Crippen molar-refractivity contribution in [2.24, 2.45) is 17.8 Å². The van der Waals surface area contributed by atoms with Crippen molar-refractivity contribution in [1.82, 2.24) is 0 Å². The van der Waals surface area contributed by atoms with Crippen LogP contribution in [0, 0.1) is 29.4 Å². The number of ether oxygens (including phenoxy) is 3. The van der Waals surface area contributed by atoms with Gasteiger partial charge in [-0.1, -0.05) is 32.3 Å². The summed E-state index contributed by atoms with van der Waals surface area (Å²) >= 11 is 0. The molecule has 1 aliphatic heterocycles. The van der Waals surface area contributed by atoms with Crippen LogP contribution < -0.4 is 4.74 Å². The van der Waals surface area contributed by atoms with Crippen LogP contribution in [0.15, 0.2) is 24.8 Å². The van der Waals surface area contributed by atoms with E-state index < -0.39 is 11.6 Å². The molecule has 2 fully saturated rings. The highest BCUT2D eigenvalue weighted by Crippen LogP contribution is 2.39. The minimum atomic E-state index is -0.939. The van der Waals surface area contributed by atoms with E-state index in [2.05, 4.69) is 6.58 Å². The predicted octanol–water partition coefficient (Wildman–Crippen LogP) is 7.19. The Balaban J connectivity index is 1.39. The fraction of sp³-hybridized carbons (Fsp3) is 0.692. The van der Waals surface area contributed by atoms with E-state index in [-0.39, 0.29) is 24.2 Å². The monoisotopic (exact) mass is 436 g/mol. The Bertz CT molecular complexity index is 677. The second-order valence-corrected chi connectivity index (χ2v) is 9.11. The van der Waals surface area contributed by atoms with Crippen molar-refractivity contribution in [1.29, 1.82) is 0 Å². The summed E-state index contributed by atoms with van der Waals surface area (Å²) < 4.78 is 45.6. The Morgan fingerprint density at radius 1 is 1.06 bits per heavy atom. The standard InChI is InChI=1S/C26H38F2O3/c1-3-5-7-19-8-10-20(11-9-19)21-13-15-24(30-17-21)31-18-22-12-14-23(26(28)25(22)27)29-16-6-4-2/h3,12,14,19-21,24H,1,4-11,13,15-18H2,2H3. The van der Waals surface area contributed by atoms with Crippen LogP contribution in [-0.2, 0) is 16.1 Å². The lowest BCUT2D eigenvalue weighted by Gasteiger charge is -2.37. The largest absolute Gasteiger partial charge is 0.490 e. The van der Waals surface area contributed by atoms with Crippen molar-refractivity contribution < 1.29 is 23.0 Å². The summed E-state index contributed by atoms with van der Waals surface area (Å²) in [7, 11) is 0. The van der Waals surface area contributed by atoms with Gasteiger partial charge in [-0.25, -0.2) is 4.39 Å². The van der Waals surface area contributed by atoms with Crippen LogP contribution in [0.3, 0.4) is 0 Å². The normalized spacial score (nSPS) is 26.5. The molecule has 0 N–H and O–H groups in total. The van der Waals surface area contributed by atoms with Gasteiger partial charge in [-0.3, -0.25) is 0 Å². The third-order valence-corrected chi connectivity index (χ3v) is 6.91. The Morgan fingerprint density at radius 2 is 1.84 bits per heavy atom. The van der Waals surface area contributed by atoms with Crippen molar-refractivity contribution in [3.63, 3.8) is 0 Å². The van der Waals surface area contributed by atoms with Crippen molar-refractivity contribution in [3.8, 4) is 5.75 Å². The van der Waals surface area contributed by atoms with Gasteiger partial charge in [0.1, 0.15) is 0 Å². The molecule has 1 saturated heterocycles. The molecule has 5 heteroatoms. The molecule has 0 bridgehead atoms. The summed E-state index contributed by atoms with van der Waals surface area (Å²) in [6.07, 6.45) is 12.9. The van der Waals surface area contributed by atoms with Crippen molar-refractivity contribution >= 4 is 0 Å². The van der Waals surface area contributed by atoms with E-state index in [0.29, 0.717) is 19.1 Å². The molecule has 1 heterocycles. The van der Waals surface area contributed by atoms with Gasteiger partial charge in [0.2, 0.25) is 5.82 Å². The second kappa shape index (κ2) is 12.5. The molecule has 0 aromatic heterocycles. The van der Waals surface area contributed by atoms with E-state index in [4.69, 9.17) is 14.2 Å². The van der Waals surface area contributed by atoms with Gasteiger partial charge in [-0.05, 0) is 74.8 Å². The zero-order valence-electron chi connectivity index (χ0n) is 18.9. The summed E-state index contributed by atoms with van der Waals surface area (Å²) in [5, 5.41) is 0. The van der Waals surface area contributed by atoms with Gasteiger partial charge in [0.15, 0.2) is 17.9 Å². The number of unbranched alkanes of at least 4 members (excludes halogenated alkanes) is 1. The van der Waals surface area contributed by atoms with E-state index in [1.165, 1.54) is 44.2 Å². The summed E-state index contributed by atoms with van der Waals surface area (Å²) in [5.74, 6) is 0.322. The molecule has 0 radical (unpaired) electrons. The number of rotatable bonds is 11. The molecule has 1 aromatic carbocycles. The minimum absolute atomic E-state index is 0.00172. The average Bonchev–Trinajstić information content (AvgIpc) is 2.81. The summed E-state index contributed by atoms with van der Waals surface area (Å²) in [6, 6.07) is 3.02. The molecular weight excluding hydrogens is 398 g/mol. The first kappa shape index (κ1) is 24.2. The third-order valence-electron chi connectivity index (χ3n) is 6.91. The molecule has 2 atom stereocenters. The molecule has 2 aliphatic rings. The first-order chi connectivity index (χ1) is 15.1. The molecule has 3 nitrogen and oxygen atoms in total. The molecule has 2 unspecified atom stereocenters. The molecule has 1 saturated carbocycles. The fourth-order valence-electron chi connectivity index (χ4n) is 4.86. The van der Waals surface area contributed by atoms with Crippen LogP contribution in [0.5, 0.6) is 5.75 Å². The summed E-state index contributed by atoms with van der Waals surface area (Å²) in [4.78, 5) is 0. The van der Waals surface area contributed by atoms with Gasteiger partial charge >= 0.3 is 0 Å². The topological polar surface area (TPSA) is 27.7 Å². The lowest BCUT2D eigenvalue weighted by atomic mass is 9.73. The smallest absolute Gasteiger partial charge is 0.200 e. The van der Waals surface area contributed by atoms with Crippen molar-refractivity contribution in [2.45, 2.75) is 84.0 Å². The Labute approximate surface area is 186 Å². The first-order valence-electron chi connectivity index (χ1n) is 12.1. The van der Waals surface area contributed by atoms with E-state index in [9.17, 15) is 8.78 Å². The minimum Gasteiger partial charge on any atom is -0.490 e. The maximum atomic E-state index is 14.4. The zero-order valence-corrected chi connectivity index (χ0v) is 18.9. The van der Waals surface area contributed by atoms with Gasteiger partial charge in [-0.15, -0.1) is 6.58 Å². The number of hydrogen-bond acceptors (Lipinski definition) is 3. The zero-order chi connectivity index (χ0) is 22.1. The molecule has 0 amide bonds. The van der Waals surface area contributed by atoms with E-state index >= 15 is 0 Å². The molecule has 1 aliphatic carbocycles. The van der Waals surface area contributed by atoms with Crippen molar-refractivity contribution in [3.05, 3.63) is 42.0 Å². The maximum Gasteiger partial charge on any atom is 0.200 e. The molecule has 3 rings (SSSR count). The van der Waals surface area contributed by atoms with E-state index in [1.54, 1.807) is 0 Å². The van der Waals surface area contributed by atoms with Gasteiger partial charge in [0, 0.05) is 5.56 Å². The maximum absolute atomic E-state index is 14.4. The SMILES string of the molecule is C=CCCC1CCC(C2CCC(OCc3ccc(OCCCC)c(F)c3F)OC2)CC1. The lowest BCUT2D eigenvalue weighted by Crippen LogP contribution is -2.33. The molecule has 0 spiro atoms. The average molecular weight is 437 g/mol. The second-order valence-electron chi connectivity index (χ2n) is 9.11. The molecule has 1 aromatic rings. The van der Waals surface area contributed by atoms with Crippen LogP contribution in [0.1, 0.15) is 76.7 Å². The summed E-state index contributed by atoms with van der Waals surface area (Å²) in [6.45, 7) is 6.94. The number of allylic oxidation sites excluding steroid dienone is 1. The van der Waals surface area contributed by atoms with Gasteiger partial charge < -0.3 is 14.2 Å². The first-order valence-corrected chi connectivity index (χ1v) is 12.1. The molecular formula is C26H38F2O3. The third kappa shape index (κ3) is 7.01. The number of benzene rings is 1. The van der Waals surface area contributed by atoms with Gasteiger partial charge in [0.25, 0.3) is 0 Å². The fourth-order valence-corrected chi connectivity index (χ4v) is 4.86. The number of halogens is 2. The molecule has 31 heavy (non-hydrogen) atoms. The van der Waals surface area contributed by atoms with Crippen LogP contribution in [0.4, 0.5) is 8.78 Å². The van der Waals surface area contributed by atoms with Crippen LogP contribution in [0.2, 0.25) is 0 Å². The van der Waals surface area contributed by atoms with Crippen LogP contribution in [-0.4, -0.2) is 19.5 Å².